The molecule has 144 valence electrons. The summed E-state index contributed by atoms with van der Waals surface area (Å²) in [7, 11) is 0. The van der Waals surface area contributed by atoms with Gasteiger partial charge in [0.05, 0.1) is 23.5 Å². The number of thiazole rings is 1. The van der Waals surface area contributed by atoms with Crippen LogP contribution in [0.25, 0.3) is 22.9 Å². The highest BCUT2D eigenvalue weighted by molar-refractivity contribution is 8.00. The number of H-pyrrole nitrogens is 1. The molecule has 4 aromatic rings. The van der Waals surface area contributed by atoms with Gasteiger partial charge in [-0.15, -0.1) is 11.3 Å². The molecular formula is C19H18N4O3S2. The third-order valence-electron chi connectivity index (χ3n) is 3.97. The van der Waals surface area contributed by atoms with Crippen LogP contribution in [-0.4, -0.2) is 26.1 Å². The third-order valence-corrected chi connectivity index (χ3v) is 6.09. The fourth-order valence-corrected chi connectivity index (χ4v) is 4.25. The van der Waals surface area contributed by atoms with Gasteiger partial charge in [-0.2, -0.15) is 0 Å². The van der Waals surface area contributed by atoms with Gasteiger partial charge in [-0.05, 0) is 37.6 Å². The smallest absolute Gasteiger partial charge is 0.239 e. The van der Waals surface area contributed by atoms with Crippen molar-refractivity contribution in [2.75, 3.05) is 5.32 Å². The van der Waals surface area contributed by atoms with E-state index in [2.05, 4.69) is 20.3 Å². The minimum atomic E-state index is -0.316. The topological polar surface area (TPSA) is 97.0 Å². The predicted molar refractivity (Wildman–Crippen MR) is 109 cm³/mol. The van der Waals surface area contributed by atoms with E-state index in [9.17, 15) is 4.79 Å². The van der Waals surface area contributed by atoms with Gasteiger partial charge in [0.25, 0.3) is 0 Å². The summed E-state index contributed by atoms with van der Waals surface area (Å²) in [4.78, 5) is 24.9. The van der Waals surface area contributed by atoms with Crippen molar-refractivity contribution < 1.29 is 13.6 Å². The van der Waals surface area contributed by atoms with E-state index in [0.717, 1.165) is 5.69 Å². The molecular weight excluding hydrogens is 396 g/mol. The first-order chi connectivity index (χ1) is 13.6. The van der Waals surface area contributed by atoms with Crippen LogP contribution in [-0.2, 0) is 4.79 Å². The lowest BCUT2D eigenvalue weighted by atomic mass is 10.2. The van der Waals surface area contributed by atoms with Gasteiger partial charge in [-0.3, -0.25) is 4.79 Å². The van der Waals surface area contributed by atoms with Crippen molar-refractivity contribution in [3.63, 3.8) is 0 Å². The van der Waals surface area contributed by atoms with E-state index >= 15 is 0 Å². The minimum absolute atomic E-state index is 0.0997. The standard InChI is InChI=1S/C19H18N4O3S2/c1-3-14(17(24)23-18-20-11(2)10-27-18)28-19-21-15(12-6-4-8-25-12)16(22-19)13-7-5-9-26-13/h4-10,14H,3H2,1-2H3,(H,21,22)(H,20,23,24). The number of carbonyl (C=O) groups excluding carboxylic acids is 1. The van der Waals surface area contributed by atoms with Gasteiger partial charge < -0.3 is 19.1 Å². The number of hydrogen-bond acceptors (Lipinski definition) is 7. The van der Waals surface area contributed by atoms with E-state index in [4.69, 9.17) is 8.83 Å². The van der Waals surface area contributed by atoms with Crippen molar-refractivity contribution in [2.45, 2.75) is 30.7 Å². The van der Waals surface area contributed by atoms with Crippen molar-refractivity contribution in [3.8, 4) is 22.9 Å². The molecule has 4 heterocycles. The number of imidazole rings is 1. The number of furan rings is 2. The summed E-state index contributed by atoms with van der Waals surface area (Å²) in [5.41, 5.74) is 2.25. The molecule has 0 saturated carbocycles. The second-order valence-corrected chi connectivity index (χ2v) is 8.07. The number of amides is 1. The molecule has 28 heavy (non-hydrogen) atoms. The third kappa shape index (κ3) is 3.90. The Balaban J connectivity index is 1.58. The molecule has 0 radical (unpaired) electrons. The Labute approximate surface area is 169 Å². The lowest BCUT2D eigenvalue weighted by molar-refractivity contribution is -0.115. The highest BCUT2D eigenvalue weighted by Gasteiger charge is 2.24. The van der Waals surface area contributed by atoms with Gasteiger partial charge >= 0.3 is 0 Å². The van der Waals surface area contributed by atoms with Crippen LogP contribution in [0.2, 0.25) is 0 Å². The second-order valence-electron chi connectivity index (χ2n) is 6.02. The lowest BCUT2D eigenvalue weighted by Crippen LogP contribution is -2.24. The van der Waals surface area contributed by atoms with E-state index in [1.165, 1.54) is 23.1 Å². The number of nitrogens with zero attached hydrogens (tertiary/aromatic N) is 2. The first-order valence-electron chi connectivity index (χ1n) is 8.71. The molecule has 0 aliphatic carbocycles. The minimum Gasteiger partial charge on any atom is -0.463 e. The zero-order valence-corrected chi connectivity index (χ0v) is 16.9. The maximum absolute atomic E-state index is 12.7. The summed E-state index contributed by atoms with van der Waals surface area (Å²) in [6.45, 7) is 3.86. The Hall–Kier alpha value is -2.78. The molecule has 0 aliphatic heterocycles. The summed E-state index contributed by atoms with van der Waals surface area (Å²) in [5.74, 6) is 1.18. The van der Waals surface area contributed by atoms with Crippen LogP contribution < -0.4 is 5.32 Å². The molecule has 7 nitrogen and oxygen atoms in total. The lowest BCUT2D eigenvalue weighted by Gasteiger charge is -2.11. The zero-order valence-electron chi connectivity index (χ0n) is 15.3. The molecule has 0 spiro atoms. The monoisotopic (exact) mass is 414 g/mol. The molecule has 2 N–H and O–H groups in total. The molecule has 0 bridgehead atoms. The Morgan fingerprint density at radius 3 is 2.61 bits per heavy atom. The fraction of sp³-hybridized carbons (Fsp3) is 0.211. The maximum Gasteiger partial charge on any atom is 0.239 e. The Morgan fingerprint density at radius 1 is 1.25 bits per heavy atom. The molecule has 0 aromatic carbocycles. The SMILES string of the molecule is CCC(Sc1nc(-c2ccco2)c(-c2ccco2)[nH]1)C(=O)Nc1nc(C)cs1. The van der Waals surface area contributed by atoms with Gasteiger partial charge in [-0.1, -0.05) is 18.7 Å². The van der Waals surface area contributed by atoms with E-state index in [1.54, 1.807) is 18.6 Å². The largest absolute Gasteiger partial charge is 0.463 e. The Morgan fingerprint density at radius 2 is 2.00 bits per heavy atom. The van der Waals surface area contributed by atoms with Crippen molar-refractivity contribution in [1.29, 1.82) is 0 Å². The number of thioether (sulfide) groups is 1. The summed E-state index contributed by atoms with van der Waals surface area (Å²) in [5, 5.41) is 5.69. The molecule has 1 unspecified atom stereocenters. The van der Waals surface area contributed by atoms with Crippen molar-refractivity contribution in [3.05, 3.63) is 47.9 Å². The summed E-state index contributed by atoms with van der Waals surface area (Å²) in [6.07, 6.45) is 3.85. The molecule has 9 heteroatoms. The molecule has 4 aromatic heterocycles. The summed E-state index contributed by atoms with van der Waals surface area (Å²) < 4.78 is 11.0. The molecule has 0 fully saturated rings. The number of aryl methyl sites for hydroxylation is 1. The van der Waals surface area contributed by atoms with Crippen LogP contribution in [0.15, 0.2) is 56.2 Å². The van der Waals surface area contributed by atoms with E-state index in [0.29, 0.717) is 39.6 Å². The first-order valence-corrected chi connectivity index (χ1v) is 10.5. The van der Waals surface area contributed by atoms with Crippen molar-refractivity contribution in [1.82, 2.24) is 15.0 Å². The summed E-state index contributed by atoms with van der Waals surface area (Å²) in [6, 6.07) is 7.31. The van der Waals surface area contributed by atoms with Crippen LogP contribution in [0.4, 0.5) is 5.13 Å². The van der Waals surface area contributed by atoms with Crippen molar-refractivity contribution in [2.24, 2.45) is 0 Å². The number of nitrogens with one attached hydrogen (secondary N) is 2. The van der Waals surface area contributed by atoms with E-state index in [1.807, 2.05) is 37.4 Å². The maximum atomic E-state index is 12.7. The Bertz CT molecular complexity index is 1000. The second kappa shape index (κ2) is 8.07. The van der Waals surface area contributed by atoms with Gasteiger partial charge in [0, 0.05) is 5.38 Å². The first kappa shape index (κ1) is 18.6. The molecule has 1 amide bonds. The van der Waals surface area contributed by atoms with E-state index < -0.39 is 0 Å². The van der Waals surface area contributed by atoms with Crippen LogP contribution in [0.5, 0.6) is 0 Å². The Kier molecular flexibility index (Phi) is 5.36. The highest BCUT2D eigenvalue weighted by Crippen LogP contribution is 2.35. The number of rotatable bonds is 7. The van der Waals surface area contributed by atoms with Crippen LogP contribution in [0.1, 0.15) is 19.0 Å². The van der Waals surface area contributed by atoms with Crippen LogP contribution in [0, 0.1) is 6.92 Å². The quantitative estimate of drug-likeness (QED) is 0.403. The van der Waals surface area contributed by atoms with Crippen LogP contribution in [0.3, 0.4) is 0 Å². The number of carbonyl (C=O) groups is 1. The highest BCUT2D eigenvalue weighted by atomic mass is 32.2. The number of hydrogen-bond donors (Lipinski definition) is 2. The number of anilines is 1. The van der Waals surface area contributed by atoms with Gasteiger partial charge in [-0.25, -0.2) is 9.97 Å². The predicted octanol–water partition coefficient (Wildman–Crippen LogP) is 5.20. The molecule has 0 aliphatic rings. The zero-order chi connectivity index (χ0) is 19.5. The van der Waals surface area contributed by atoms with Crippen molar-refractivity contribution >= 4 is 34.1 Å². The van der Waals surface area contributed by atoms with Crippen LogP contribution >= 0.6 is 23.1 Å². The summed E-state index contributed by atoms with van der Waals surface area (Å²) >= 11 is 2.78. The van der Waals surface area contributed by atoms with E-state index in [-0.39, 0.29) is 11.2 Å². The van der Waals surface area contributed by atoms with Gasteiger partial charge in [0.1, 0.15) is 11.4 Å². The average Bonchev–Trinajstić information content (AvgIpc) is 3.45. The fourth-order valence-electron chi connectivity index (χ4n) is 2.65. The molecule has 0 saturated heterocycles. The number of aromatic nitrogens is 3. The number of aromatic amines is 1. The van der Waals surface area contributed by atoms with Gasteiger partial charge in [0.15, 0.2) is 21.8 Å². The molecule has 4 rings (SSSR count). The molecule has 1 atom stereocenters. The average molecular weight is 415 g/mol. The normalized spacial score (nSPS) is 12.2. The van der Waals surface area contributed by atoms with Gasteiger partial charge in [0.2, 0.25) is 5.91 Å².